The summed E-state index contributed by atoms with van der Waals surface area (Å²) in [5.41, 5.74) is -1.24. The fourth-order valence-corrected chi connectivity index (χ4v) is 2.92. The van der Waals surface area contributed by atoms with Crippen molar-refractivity contribution in [1.29, 1.82) is 0 Å². The molecule has 166 valence electrons. The molecule has 1 fully saturated rings. The molecular formula is C19H22F6N4O. The molecule has 3 rings (SSSR count). The molecule has 0 atom stereocenters. The Bertz CT molecular complexity index is 838. The number of carbonyl (C=O) groups excluding carboxylic acids is 1. The highest BCUT2D eigenvalue weighted by Gasteiger charge is 2.34. The normalized spacial score (nSPS) is 15.5. The molecule has 2 aromatic rings. The lowest BCUT2D eigenvalue weighted by molar-refractivity contribution is -0.138. The van der Waals surface area contributed by atoms with E-state index in [0.717, 1.165) is 12.1 Å². The predicted molar refractivity (Wildman–Crippen MR) is 97.7 cm³/mol. The number of hydrogen-bond acceptors (Lipinski definition) is 3. The molecule has 1 saturated heterocycles. The summed E-state index contributed by atoms with van der Waals surface area (Å²) in [6.45, 7) is 5.52. The third kappa shape index (κ3) is 5.97. The maximum absolute atomic E-state index is 12.8. The molecule has 1 aromatic heterocycles. The molecule has 0 saturated carbocycles. The summed E-state index contributed by atoms with van der Waals surface area (Å²) in [5, 5.41) is 3.46. The Morgan fingerprint density at radius 1 is 0.967 bits per heavy atom. The topological polar surface area (TPSA) is 41.4 Å². The quantitative estimate of drug-likeness (QED) is 0.639. The van der Waals surface area contributed by atoms with Crippen LogP contribution in [0.4, 0.5) is 31.1 Å². The van der Waals surface area contributed by atoms with Crippen molar-refractivity contribution in [2.45, 2.75) is 32.7 Å². The van der Waals surface area contributed by atoms with Crippen LogP contribution >= 0.6 is 0 Å². The van der Waals surface area contributed by atoms with Crippen LogP contribution < -0.4 is 0 Å². The van der Waals surface area contributed by atoms with Crippen molar-refractivity contribution in [3.8, 4) is 0 Å². The molecule has 1 aromatic carbocycles. The van der Waals surface area contributed by atoms with Crippen molar-refractivity contribution in [3.63, 3.8) is 0 Å². The Balaban J connectivity index is 0.00000155. The molecule has 0 aliphatic carbocycles. The van der Waals surface area contributed by atoms with E-state index in [2.05, 4.69) is 5.10 Å². The van der Waals surface area contributed by atoms with E-state index in [1.54, 1.807) is 6.07 Å². The SMILES string of the molecule is CC.O=C(N1CCN(Cc2cccc(C(F)(F)F)c2)CC1)n1cc(C(F)(F)F)cn1. The number of benzene rings is 1. The summed E-state index contributed by atoms with van der Waals surface area (Å²) in [6, 6.07) is 4.34. The molecular weight excluding hydrogens is 414 g/mol. The van der Waals surface area contributed by atoms with Crippen molar-refractivity contribution >= 4 is 6.03 Å². The molecule has 2 heterocycles. The van der Waals surface area contributed by atoms with E-state index in [1.807, 2.05) is 18.7 Å². The lowest BCUT2D eigenvalue weighted by Crippen LogP contribution is -2.49. The maximum Gasteiger partial charge on any atom is 0.419 e. The minimum Gasteiger partial charge on any atom is -0.320 e. The Kier molecular flexibility index (Phi) is 7.51. The number of rotatable bonds is 2. The van der Waals surface area contributed by atoms with Crippen LogP contribution in [-0.4, -0.2) is 51.8 Å². The number of halogens is 6. The zero-order valence-corrected chi connectivity index (χ0v) is 16.5. The molecule has 11 heteroatoms. The number of alkyl halides is 6. The van der Waals surface area contributed by atoms with Crippen molar-refractivity contribution < 1.29 is 31.1 Å². The summed E-state index contributed by atoms with van der Waals surface area (Å²) < 4.78 is 76.8. The standard InChI is InChI=1S/C17H16F6N4O.C2H6/c18-16(19,20)13-3-1-2-12(8-13)10-25-4-6-26(7-5-25)15(28)27-11-14(9-24-27)17(21,22)23;1-2/h1-3,8-9,11H,4-7,10H2;1-2H3. The number of amides is 1. The molecule has 5 nitrogen and oxygen atoms in total. The van der Waals surface area contributed by atoms with Gasteiger partial charge in [-0.2, -0.15) is 36.1 Å². The van der Waals surface area contributed by atoms with Gasteiger partial charge in [0.15, 0.2) is 0 Å². The van der Waals surface area contributed by atoms with Gasteiger partial charge in [0.05, 0.1) is 17.3 Å². The van der Waals surface area contributed by atoms with Gasteiger partial charge >= 0.3 is 18.4 Å². The smallest absolute Gasteiger partial charge is 0.320 e. The predicted octanol–water partition coefficient (Wildman–Crippen LogP) is 4.73. The van der Waals surface area contributed by atoms with Gasteiger partial charge < -0.3 is 4.90 Å². The second kappa shape index (κ2) is 9.50. The molecule has 0 unspecified atom stereocenters. The highest BCUT2D eigenvalue weighted by Crippen LogP contribution is 2.30. The summed E-state index contributed by atoms with van der Waals surface area (Å²) >= 11 is 0. The van der Waals surface area contributed by atoms with E-state index in [0.29, 0.717) is 35.7 Å². The van der Waals surface area contributed by atoms with Crippen molar-refractivity contribution in [1.82, 2.24) is 19.6 Å². The minimum atomic E-state index is -4.58. The summed E-state index contributed by atoms with van der Waals surface area (Å²) in [7, 11) is 0. The third-order valence-corrected chi connectivity index (χ3v) is 4.41. The Morgan fingerprint density at radius 2 is 1.57 bits per heavy atom. The maximum atomic E-state index is 12.8. The highest BCUT2D eigenvalue weighted by atomic mass is 19.4. The average Bonchev–Trinajstić information content (AvgIpc) is 3.20. The molecule has 1 aliphatic rings. The van der Waals surface area contributed by atoms with E-state index >= 15 is 0 Å². The second-order valence-electron chi connectivity index (χ2n) is 6.42. The van der Waals surface area contributed by atoms with Crippen LogP contribution in [0.25, 0.3) is 0 Å². The summed E-state index contributed by atoms with van der Waals surface area (Å²) in [5.74, 6) is 0. The lowest BCUT2D eigenvalue weighted by Gasteiger charge is -2.34. The molecule has 1 aliphatic heterocycles. The Morgan fingerprint density at radius 3 is 2.10 bits per heavy atom. The minimum absolute atomic E-state index is 0.235. The second-order valence-corrected chi connectivity index (χ2v) is 6.42. The van der Waals surface area contributed by atoms with Crippen LogP contribution in [0.5, 0.6) is 0 Å². The van der Waals surface area contributed by atoms with Gasteiger partial charge in [-0.25, -0.2) is 4.79 Å². The van der Waals surface area contributed by atoms with Gasteiger partial charge in [0.2, 0.25) is 0 Å². The fourth-order valence-electron chi connectivity index (χ4n) is 2.92. The molecule has 0 N–H and O–H groups in total. The molecule has 1 amide bonds. The van der Waals surface area contributed by atoms with Crippen LogP contribution in [0.2, 0.25) is 0 Å². The van der Waals surface area contributed by atoms with Crippen LogP contribution in [0.1, 0.15) is 30.5 Å². The molecule has 0 spiro atoms. The van der Waals surface area contributed by atoms with Crippen molar-refractivity contribution in [2.24, 2.45) is 0 Å². The van der Waals surface area contributed by atoms with E-state index in [-0.39, 0.29) is 19.6 Å². The van der Waals surface area contributed by atoms with E-state index in [4.69, 9.17) is 0 Å². The van der Waals surface area contributed by atoms with E-state index < -0.39 is 29.5 Å². The fraction of sp³-hybridized carbons (Fsp3) is 0.474. The van der Waals surface area contributed by atoms with Gasteiger partial charge in [-0.3, -0.25) is 4.90 Å². The van der Waals surface area contributed by atoms with E-state index in [1.165, 1.54) is 11.0 Å². The van der Waals surface area contributed by atoms with Crippen LogP contribution in [0.3, 0.4) is 0 Å². The van der Waals surface area contributed by atoms with Gasteiger partial charge in [-0.1, -0.05) is 32.0 Å². The number of carbonyl (C=O) groups is 1. The van der Waals surface area contributed by atoms with Crippen molar-refractivity contribution in [3.05, 3.63) is 53.3 Å². The van der Waals surface area contributed by atoms with Gasteiger partial charge in [0.1, 0.15) is 0 Å². The van der Waals surface area contributed by atoms with Gasteiger partial charge in [-0.05, 0) is 11.6 Å². The van der Waals surface area contributed by atoms with Crippen LogP contribution in [0.15, 0.2) is 36.7 Å². The lowest BCUT2D eigenvalue weighted by atomic mass is 10.1. The zero-order valence-electron chi connectivity index (χ0n) is 16.5. The Labute approximate surface area is 169 Å². The molecule has 30 heavy (non-hydrogen) atoms. The first kappa shape index (κ1) is 23.7. The monoisotopic (exact) mass is 436 g/mol. The first-order valence-corrected chi connectivity index (χ1v) is 9.34. The number of aromatic nitrogens is 2. The van der Waals surface area contributed by atoms with Crippen LogP contribution in [-0.2, 0) is 18.9 Å². The first-order valence-electron chi connectivity index (χ1n) is 9.34. The van der Waals surface area contributed by atoms with Crippen LogP contribution in [0, 0.1) is 0 Å². The zero-order chi connectivity index (χ0) is 22.5. The van der Waals surface area contributed by atoms with Gasteiger partial charge in [-0.15, -0.1) is 0 Å². The highest BCUT2D eigenvalue weighted by molar-refractivity contribution is 5.76. The largest absolute Gasteiger partial charge is 0.419 e. The molecule has 0 bridgehead atoms. The number of piperazine rings is 1. The van der Waals surface area contributed by atoms with E-state index in [9.17, 15) is 31.1 Å². The number of hydrogen-bond donors (Lipinski definition) is 0. The summed E-state index contributed by atoms with van der Waals surface area (Å²) in [6.07, 6.45) is -7.78. The Hall–Kier alpha value is -2.56. The average molecular weight is 436 g/mol. The number of nitrogens with zero attached hydrogens (tertiary/aromatic N) is 4. The third-order valence-electron chi connectivity index (χ3n) is 4.41. The first-order chi connectivity index (χ1) is 14.0. The van der Waals surface area contributed by atoms with Crippen molar-refractivity contribution in [2.75, 3.05) is 26.2 Å². The summed E-state index contributed by atoms with van der Waals surface area (Å²) in [4.78, 5) is 15.5. The van der Waals surface area contributed by atoms with Gasteiger partial charge in [0, 0.05) is 38.9 Å². The van der Waals surface area contributed by atoms with Gasteiger partial charge in [0.25, 0.3) is 0 Å². The molecule has 0 radical (unpaired) electrons.